The lowest BCUT2D eigenvalue weighted by atomic mass is 10.0. The van der Waals surface area contributed by atoms with E-state index in [1.807, 2.05) is 0 Å². The summed E-state index contributed by atoms with van der Waals surface area (Å²) in [5, 5.41) is 23.2. The van der Waals surface area contributed by atoms with Crippen molar-refractivity contribution in [2.45, 2.75) is 386 Å². The lowest BCUT2D eigenvalue weighted by Gasteiger charge is -2.22. The highest BCUT2D eigenvalue weighted by Gasteiger charge is 2.20. The van der Waals surface area contributed by atoms with Crippen molar-refractivity contribution in [1.82, 2.24) is 5.32 Å². The number of ether oxygens (including phenoxy) is 1. The third kappa shape index (κ3) is 59.6. The number of carbonyl (C=O) groups excluding carboxylic acids is 2. The maximum Gasteiger partial charge on any atom is 0.305 e. The number of esters is 1. The standard InChI is InChI=1S/C68H131NO5/c1-3-5-7-9-11-13-15-16-17-36-39-42-46-50-54-58-62-68(73)74-63-59-55-51-47-43-40-37-34-32-30-28-26-24-22-20-18-19-21-23-25-27-29-31-33-35-38-41-45-49-53-57-61-67(72)69-65(64-70)66(71)60-56-52-48-44-14-12-10-8-6-4-2/h20,22,26,28,65-66,70-71H,3-19,21,23-25,27,29-64H2,1-2H3,(H,69,72)/b22-20-,28-26-. The van der Waals surface area contributed by atoms with Crippen molar-refractivity contribution in [2.24, 2.45) is 0 Å². The topological polar surface area (TPSA) is 95.9 Å². The van der Waals surface area contributed by atoms with Crippen LogP contribution in [0.1, 0.15) is 373 Å². The number of unbranched alkanes of at least 4 members (excludes halogenated alkanes) is 48. The van der Waals surface area contributed by atoms with Crippen molar-refractivity contribution < 1.29 is 24.5 Å². The first-order chi connectivity index (χ1) is 36.5. The average molecular weight is 1040 g/mol. The van der Waals surface area contributed by atoms with Gasteiger partial charge in [-0.05, 0) is 57.8 Å². The first-order valence-electron chi connectivity index (χ1n) is 33.6. The SMILES string of the molecule is CCCCCCCCCCCCCCCCCCC(=O)OCCCCCCCCCCC/C=C\C/C=C\CCCCCCCCCCCCCCCCCC(=O)NC(CO)C(O)CCCCCCCCCCCC. The summed E-state index contributed by atoms with van der Waals surface area (Å²) in [6.45, 7) is 4.96. The molecule has 1 amide bonds. The molecule has 0 heterocycles. The van der Waals surface area contributed by atoms with Gasteiger partial charge < -0.3 is 20.3 Å². The second-order valence-electron chi connectivity index (χ2n) is 23.2. The molecule has 0 radical (unpaired) electrons. The number of aliphatic hydroxyl groups is 2. The zero-order valence-corrected chi connectivity index (χ0v) is 50.1. The number of allylic oxidation sites excluding steroid dienone is 4. The fourth-order valence-corrected chi connectivity index (χ4v) is 10.6. The van der Waals surface area contributed by atoms with Crippen LogP contribution < -0.4 is 5.32 Å². The number of carbonyl (C=O) groups is 2. The molecule has 0 rings (SSSR count). The van der Waals surface area contributed by atoms with E-state index in [0.717, 1.165) is 44.9 Å². The van der Waals surface area contributed by atoms with Crippen LogP contribution in [0.5, 0.6) is 0 Å². The molecule has 0 fully saturated rings. The van der Waals surface area contributed by atoms with E-state index in [1.54, 1.807) is 0 Å². The summed E-state index contributed by atoms with van der Waals surface area (Å²) in [6.07, 6.45) is 79.4. The summed E-state index contributed by atoms with van der Waals surface area (Å²) in [5.74, 6) is -0.0175. The largest absolute Gasteiger partial charge is 0.466 e. The summed E-state index contributed by atoms with van der Waals surface area (Å²) >= 11 is 0. The zero-order chi connectivity index (χ0) is 53.6. The van der Waals surface area contributed by atoms with E-state index < -0.39 is 12.1 Å². The number of hydrogen-bond acceptors (Lipinski definition) is 5. The van der Waals surface area contributed by atoms with Crippen LogP contribution in [0, 0.1) is 0 Å². The molecular weight excluding hydrogens is 911 g/mol. The summed E-state index contributed by atoms with van der Waals surface area (Å²) in [7, 11) is 0. The summed E-state index contributed by atoms with van der Waals surface area (Å²) < 4.78 is 5.50. The fourth-order valence-electron chi connectivity index (χ4n) is 10.6. The monoisotopic (exact) mass is 1040 g/mol. The molecule has 0 aromatic heterocycles. The van der Waals surface area contributed by atoms with Gasteiger partial charge in [-0.1, -0.05) is 327 Å². The Morgan fingerprint density at radius 3 is 1.03 bits per heavy atom. The van der Waals surface area contributed by atoms with Gasteiger partial charge in [0.1, 0.15) is 0 Å². The van der Waals surface area contributed by atoms with Crippen LogP contribution in [0.2, 0.25) is 0 Å². The Kier molecular flexibility index (Phi) is 62.4. The quantitative estimate of drug-likeness (QED) is 0.0320. The normalized spacial score (nSPS) is 12.6. The van der Waals surface area contributed by atoms with E-state index in [2.05, 4.69) is 43.5 Å². The van der Waals surface area contributed by atoms with E-state index in [1.165, 1.54) is 295 Å². The predicted molar refractivity (Wildman–Crippen MR) is 324 cm³/mol. The van der Waals surface area contributed by atoms with E-state index in [0.29, 0.717) is 25.9 Å². The smallest absolute Gasteiger partial charge is 0.305 e. The van der Waals surface area contributed by atoms with E-state index in [4.69, 9.17) is 4.74 Å². The molecule has 0 bridgehead atoms. The van der Waals surface area contributed by atoms with Crippen molar-refractivity contribution in [3.05, 3.63) is 24.3 Å². The molecule has 0 saturated carbocycles. The zero-order valence-electron chi connectivity index (χ0n) is 50.1. The van der Waals surface area contributed by atoms with Crippen LogP contribution in [-0.2, 0) is 14.3 Å². The van der Waals surface area contributed by atoms with Crippen LogP contribution in [-0.4, -0.2) is 47.4 Å². The first-order valence-corrected chi connectivity index (χ1v) is 33.6. The maximum absolute atomic E-state index is 12.4. The lowest BCUT2D eigenvalue weighted by Crippen LogP contribution is -2.45. The minimum absolute atomic E-state index is 0.0171. The van der Waals surface area contributed by atoms with Crippen LogP contribution in [0.25, 0.3) is 0 Å². The number of hydrogen-bond donors (Lipinski definition) is 3. The molecule has 6 heteroatoms. The van der Waals surface area contributed by atoms with Gasteiger partial charge in [0.25, 0.3) is 0 Å². The highest BCUT2D eigenvalue weighted by molar-refractivity contribution is 5.76. The molecule has 0 aliphatic heterocycles. The van der Waals surface area contributed by atoms with Gasteiger partial charge in [-0.15, -0.1) is 0 Å². The van der Waals surface area contributed by atoms with Crippen LogP contribution in [0.4, 0.5) is 0 Å². The molecule has 74 heavy (non-hydrogen) atoms. The van der Waals surface area contributed by atoms with E-state index in [-0.39, 0.29) is 18.5 Å². The average Bonchev–Trinajstić information content (AvgIpc) is 3.40. The number of nitrogens with one attached hydrogen (secondary N) is 1. The van der Waals surface area contributed by atoms with Crippen LogP contribution in [0.3, 0.4) is 0 Å². The van der Waals surface area contributed by atoms with Crippen LogP contribution in [0.15, 0.2) is 24.3 Å². The van der Waals surface area contributed by atoms with Gasteiger partial charge in [-0.2, -0.15) is 0 Å². The Balaban J connectivity index is 3.35. The Bertz CT molecular complexity index is 1150. The van der Waals surface area contributed by atoms with Gasteiger partial charge in [0, 0.05) is 12.8 Å². The van der Waals surface area contributed by atoms with Gasteiger partial charge in [-0.25, -0.2) is 0 Å². The van der Waals surface area contributed by atoms with Crippen molar-refractivity contribution in [2.75, 3.05) is 13.2 Å². The predicted octanol–water partition coefficient (Wildman–Crippen LogP) is 21.4. The van der Waals surface area contributed by atoms with Crippen molar-refractivity contribution in [1.29, 1.82) is 0 Å². The first kappa shape index (κ1) is 72.3. The van der Waals surface area contributed by atoms with Crippen molar-refractivity contribution >= 4 is 11.9 Å². The second-order valence-corrected chi connectivity index (χ2v) is 23.2. The molecule has 0 aromatic carbocycles. The van der Waals surface area contributed by atoms with Crippen molar-refractivity contribution in [3.63, 3.8) is 0 Å². The van der Waals surface area contributed by atoms with Gasteiger partial charge in [0.05, 0.1) is 25.4 Å². The van der Waals surface area contributed by atoms with Crippen LogP contribution >= 0.6 is 0 Å². The number of aliphatic hydroxyl groups excluding tert-OH is 2. The molecule has 438 valence electrons. The van der Waals surface area contributed by atoms with Crippen molar-refractivity contribution in [3.8, 4) is 0 Å². The second kappa shape index (κ2) is 63.9. The minimum Gasteiger partial charge on any atom is -0.466 e. The Morgan fingerprint density at radius 1 is 0.378 bits per heavy atom. The molecule has 3 N–H and O–H groups in total. The van der Waals surface area contributed by atoms with Gasteiger partial charge in [0.15, 0.2) is 0 Å². The lowest BCUT2D eigenvalue weighted by molar-refractivity contribution is -0.143. The summed E-state index contributed by atoms with van der Waals surface area (Å²) in [6, 6.07) is -0.539. The molecule has 2 atom stereocenters. The third-order valence-electron chi connectivity index (χ3n) is 15.8. The van der Waals surface area contributed by atoms with Gasteiger partial charge in [-0.3, -0.25) is 9.59 Å². The molecule has 2 unspecified atom stereocenters. The number of amides is 1. The third-order valence-corrected chi connectivity index (χ3v) is 15.8. The highest BCUT2D eigenvalue weighted by Crippen LogP contribution is 2.18. The maximum atomic E-state index is 12.4. The molecule has 0 saturated heterocycles. The Hall–Kier alpha value is -1.66. The molecule has 0 aliphatic carbocycles. The Labute approximate surface area is 462 Å². The van der Waals surface area contributed by atoms with Gasteiger partial charge in [0.2, 0.25) is 5.91 Å². The molecule has 0 spiro atoms. The Morgan fingerprint density at radius 2 is 0.676 bits per heavy atom. The molecule has 0 aliphatic rings. The highest BCUT2D eigenvalue weighted by atomic mass is 16.5. The molecular formula is C68H131NO5. The van der Waals surface area contributed by atoms with E-state index in [9.17, 15) is 19.8 Å². The van der Waals surface area contributed by atoms with E-state index >= 15 is 0 Å². The number of rotatable bonds is 63. The summed E-state index contributed by atoms with van der Waals surface area (Å²) in [5.41, 5.74) is 0. The fraction of sp³-hybridized carbons (Fsp3) is 0.912. The molecule has 0 aromatic rings. The van der Waals surface area contributed by atoms with Gasteiger partial charge >= 0.3 is 5.97 Å². The minimum atomic E-state index is -0.661. The summed E-state index contributed by atoms with van der Waals surface area (Å²) in [4.78, 5) is 24.5. The molecule has 6 nitrogen and oxygen atoms in total.